The number of anilines is 2. The lowest BCUT2D eigenvalue weighted by atomic mass is 9.39. The number of β-amino-alcohol motifs (C(OH)–C–C–N with tert-alkyl or cyclic N) is 1. The number of thioether (sulfide) groups is 1. The quantitative estimate of drug-likeness (QED) is 0.0216. The van der Waals surface area contributed by atoms with Crippen molar-refractivity contribution in [1.82, 2.24) is 5.32 Å². The number of benzene rings is 5. The number of aliphatic hydroxyl groups is 5. The standard InChI is InChI=1S/C26H33F3O5S.C24H30O3.C21H32NO3.C20H24O2.C15H12N2O2.C13H21NO3/c1-6-20(32)34-25(21(33)35-13-27)14(2)9-18-23(25,4)12-19(31)26(29)22(3)8-7-15(30)10-16(22)17(28)11-24(18,26)5;1-22-6-3-12(25)9-17(22)13-10-14(13)20-16(22)4-7-23(2)21(20)15-11-18(15)24(23)8-5-19(26)27-24;1-15(2)22(3)18-9-10-19(22)13-20(12-18)25-21(24)17(14-23)11-16-7-5-4-6-8-16;1-3-20(22)11-9-18-17-6-4-13-12-14(21)5-7-15(13)16(17)8-10-19(18,20)2;16-15(19)17-12-7-3-1-5-10(12)9-14(18)11-6-2-4-8-13(11)17;1-13(2,3)14-7-12(17)9-4-5-11(16)10(6-9)8-15/h7-8,10,14,17-19,31H,6,9,11-13H2,1-5H3;9,13-16,18,20-21H,3-8,10-11H2,1-2H3;4-8,15,17-20,23H,9-14H2,1-3H3;1,5,7,12,16-18,21-22H,4,6,8-11H2,2H3;1-8H,9H2,(H2,16,19);4-6,12,14-17H,7-8H2,1-3H3/q;;+1;;;/t14-,17+,18-,19+,22+,23+,24+,25+,26+;13-,14+,15-,16+,18+,20-,21+,22-,23+,24+;;16-,17-,18+,19+,20+;;/m11.1../s1. The Kier molecular flexibility index (Phi) is 29.4. The minimum Gasteiger partial charge on any atom is -0.508 e. The number of nitrogens with two attached hydrogens (primary N) is 1. The van der Waals surface area contributed by atoms with Crippen LogP contribution in [0.2, 0.25) is 0 Å². The van der Waals surface area contributed by atoms with Crippen LogP contribution in [0, 0.1) is 116 Å². The minimum atomic E-state index is -2.36. The van der Waals surface area contributed by atoms with Gasteiger partial charge in [-0.15, -0.1) is 6.42 Å². The number of hydrogen-bond acceptors (Lipinski definition) is 20. The van der Waals surface area contributed by atoms with Gasteiger partial charge in [-0.05, 0) is 315 Å². The van der Waals surface area contributed by atoms with Crippen LogP contribution in [-0.4, -0.2) is 177 Å². The summed E-state index contributed by atoms with van der Waals surface area (Å²) in [5.41, 5.74) is 5.21. The first kappa shape index (κ1) is 107. The third kappa shape index (κ3) is 17.9. The van der Waals surface area contributed by atoms with Crippen LogP contribution in [0.3, 0.4) is 0 Å². The maximum Gasteiger partial charge on any atom is 0.323 e. The molecule has 4 aliphatic heterocycles. The third-order valence-electron chi connectivity index (χ3n) is 40.3. The molecule has 1 spiro atoms. The Morgan fingerprint density at radius 2 is 1.41 bits per heavy atom. The number of fused-ring (bicyclic) bond motifs is 26. The van der Waals surface area contributed by atoms with Crippen LogP contribution in [0.15, 0.2) is 151 Å². The number of urea groups is 1. The van der Waals surface area contributed by atoms with Gasteiger partial charge in [0.2, 0.25) is 5.12 Å². The van der Waals surface area contributed by atoms with Crippen LogP contribution in [0.5, 0.6) is 11.5 Å². The number of primary amides is 1. The Bertz CT molecular complexity index is 5960. The largest absolute Gasteiger partial charge is 0.508 e. The number of alkyl halides is 3. The van der Waals surface area contributed by atoms with E-state index in [4.69, 9.17) is 31.5 Å². The van der Waals surface area contributed by atoms with E-state index in [0.29, 0.717) is 118 Å². The summed E-state index contributed by atoms with van der Waals surface area (Å²) < 4.78 is 65.8. The van der Waals surface area contributed by atoms with Crippen molar-refractivity contribution in [2.24, 2.45) is 109 Å². The number of terminal acetylenes is 1. The fourth-order valence-electron chi connectivity index (χ4n) is 32.7. The molecule has 13 fully saturated rings. The second kappa shape index (κ2) is 39.9. The number of allylic oxidation sites excluding steroid dienone is 5. The van der Waals surface area contributed by atoms with Gasteiger partial charge in [0.25, 0.3) is 0 Å². The molecule has 0 radical (unpaired) electrons. The van der Waals surface area contributed by atoms with E-state index in [2.05, 4.69) is 65.0 Å². The third-order valence-corrected chi connectivity index (χ3v) is 40.9. The zero-order valence-corrected chi connectivity index (χ0v) is 87.7. The number of aromatic hydroxyl groups is 2. The smallest absolute Gasteiger partial charge is 0.323 e. The molecule has 5 aromatic carbocycles. The lowest BCUT2D eigenvalue weighted by Crippen LogP contribution is -2.74. The predicted molar refractivity (Wildman–Crippen MR) is 549 cm³/mol. The number of esters is 3. The number of carbonyl (C=O) groups excluding carboxylic acids is 8. The molecule has 22 rings (SSSR count). The van der Waals surface area contributed by atoms with E-state index in [0.717, 1.165) is 122 Å². The summed E-state index contributed by atoms with van der Waals surface area (Å²) in [7, 11) is 2.37. The van der Waals surface area contributed by atoms with E-state index in [1.165, 1.54) is 85.3 Å². The maximum atomic E-state index is 17.6. The molecule has 13 aliphatic carbocycles. The fourth-order valence-corrected chi connectivity index (χ4v) is 33.5. The first-order valence-corrected chi connectivity index (χ1v) is 54.3. The van der Waals surface area contributed by atoms with E-state index in [1.807, 2.05) is 81.4 Å². The Morgan fingerprint density at radius 3 is 2.07 bits per heavy atom. The molecule has 10 saturated carbocycles. The molecule has 22 nitrogen and oxygen atoms in total. The Labute approximate surface area is 856 Å². The molecule has 4 heterocycles. The molecule has 3 saturated heterocycles. The van der Waals surface area contributed by atoms with Gasteiger partial charge in [-0.1, -0.05) is 139 Å². The van der Waals surface area contributed by atoms with E-state index >= 15 is 8.78 Å². The molecule has 5 aromatic rings. The Hall–Kier alpha value is -9.30. The second-order valence-corrected chi connectivity index (χ2v) is 49.4. The number of phenolic OH excluding ortho intramolecular Hbond substituents is 1. The van der Waals surface area contributed by atoms with Gasteiger partial charge >= 0.3 is 23.9 Å². The summed E-state index contributed by atoms with van der Waals surface area (Å²) in [6.07, 6.45) is 26.9. The lowest BCUT2D eigenvalue weighted by Gasteiger charge is -2.68. The highest BCUT2D eigenvalue weighted by atomic mass is 32.2. The molecular formula is C119H152F3N4O18S+. The first-order valence-electron chi connectivity index (χ1n) is 53.3. The molecule has 782 valence electrons. The summed E-state index contributed by atoms with van der Waals surface area (Å²) in [6.45, 7) is 26.0. The van der Waals surface area contributed by atoms with E-state index in [-0.39, 0.29) is 108 Å². The van der Waals surface area contributed by atoms with Gasteiger partial charge in [0.05, 0.1) is 67.9 Å². The highest BCUT2D eigenvalue weighted by Gasteiger charge is 2.84. The van der Waals surface area contributed by atoms with Crippen molar-refractivity contribution in [2.75, 3.05) is 31.1 Å². The van der Waals surface area contributed by atoms with E-state index in [9.17, 15) is 73.4 Å². The van der Waals surface area contributed by atoms with Crippen LogP contribution in [0.4, 0.5) is 29.3 Å². The van der Waals surface area contributed by atoms with Crippen molar-refractivity contribution >= 4 is 69.5 Å². The zero-order chi connectivity index (χ0) is 105. The number of ether oxygens (including phenoxy) is 3. The van der Waals surface area contributed by atoms with Crippen LogP contribution in [-0.2, 0) is 68.8 Å². The average molecular weight is 2020 g/mol. The van der Waals surface area contributed by atoms with Crippen molar-refractivity contribution in [3.63, 3.8) is 0 Å². The molecule has 28 atom stereocenters. The van der Waals surface area contributed by atoms with E-state index in [1.54, 1.807) is 70.2 Å². The van der Waals surface area contributed by atoms with Crippen LogP contribution in [0.25, 0.3) is 0 Å². The van der Waals surface area contributed by atoms with Gasteiger partial charge in [0.15, 0.2) is 28.6 Å². The molecule has 10 N–H and O–H groups in total. The number of hydrogen-bond donors (Lipinski definition) is 9. The minimum absolute atomic E-state index is 0.00593. The Morgan fingerprint density at radius 1 is 0.731 bits per heavy atom. The number of amides is 2. The molecule has 2 bridgehead atoms. The molecule has 4 unspecified atom stereocenters. The van der Waals surface area contributed by atoms with Crippen LogP contribution < -0.4 is 16.0 Å². The van der Waals surface area contributed by atoms with Gasteiger partial charge < -0.3 is 65.5 Å². The molecule has 0 aromatic heterocycles. The van der Waals surface area contributed by atoms with Gasteiger partial charge in [-0.2, -0.15) is 0 Å². The normalized spacial score (nSPS) is 38.7. The molecule has 26 heteroatoms. The number of rotatable bonds is 14. The number of Topliss-reactive ketones (excluding diaryl/α,β-unsaturated/α-hetero) is 1. The van der Waals surface area contributed by atoms with Crippen molar-refractivity contribution in [1.29, 1.82) is 0 Å². The number of ketones is 3. The number of phenols is 2. The number of para-hydroxylation sites is 2. The first-order chi connectivity index (χ1) is 68.5. The van der Waals surface area contributed by atoms with Gasteiger partial charge in [0, 0.05) is 113 Å². The highest BCUT2D eigenvalue weighted by molar-refractivity contribution is 8.13. The number of aliphatic hydroxyl groups excluding tert-OH is 4. The summed E-state index contributed by atoms with van der Waals surface area (Å²) in [6, 6.07) is 35.0. The second-order valence-electron chi connectivity index (χ2n) is 48.5. The van der Waals surface area contributed by atoms with Gasteiger partial charge in [-0.25, -0.2) is 18.0 Å². The Balaban J connectivity index is 0.000000121. The number of quaternary nitrogens is 1. The number of halogens is 3. The van der Waals surface area contributed by atoms with Gasteiger partial charge in [0.1, 0.15) is 41.0 Å². The summed E-state index contributed by atoms with van der Waals surface area (Å²) in [5.74, 6) is 7.43. The predicted octanol–water partition coefficient (Wildman–Crippen LogP) is 19.6. The summed E-state index contributed by atoms with van der Waals surface area (Å²) in [5, 5.41) is 72.8. The highest BCUT2D eigenvalue weighted by Crippen LogP contribution is 2.83. The summed E-state index contributed by atoms with van der Waals surface area (Å²) >= 11 is 0.395. The van der Waals surface area contributed by atoms with Crippen LogP contribution >= 0.6 is 11.8 Å². The van der Waals surface area contributed by atoms with Crippen molar-refractivity contribution in [2.45, 2.75) is 327 Å². The monoisotopic (exact) mass is 2010 g/mol. The SMILES string of the molecule is C#C[C@]1(O)CC[C@H]2[C@@H]3CCc4cc(O)ccc4[C@H]3CC[C@@]21C.CC(C)(C)NCC(O)c1ccc(O)c(CO)c1.CC(C)[N+]1(C)C2CCC1CC(OC(=O)C(CO)Cc1ccccc1)C2.CCC(=O)O[C@]1(C(=O)SCF)[C@H](C)C[C@H]2[C@]3(C)C[C@H](F)C4=CC(=O)C=C[C@]4(C)[C@@]3(F)[C@@H](O)C[C@@]21C.C[C@]12CCC(=O)C=C1[C@@H]1C[C@@H]1[C@H]1[C@@H]3[C@@H]4C[C@@H]4[C@@]4(CCC(=O)O4)[C@@]3(C)CC[C@@H]12.NC(=O)N1c2ccccc2CC(=O)c2ccccc21. The van der Waals surface area contributed by atoms with Crippen molar-refractivity contribution < 1.29 is 106 Å². The van der Waals surface area contributed by atoms with Crippen LogP contribution in [0.1, 0.15) is 281 Å². The number of piperidine rings is 1. The fraction of sp³-hybridized carbons (Fsp3) is 0.613. The van der Waals surface area contributed by atoms with Crippen molar-refractivity contribution in [3.8, 4) is 23.8 Å². The zero-order valence-electron chi connectivity index (χ0n) is 86.8. The topological polar surface area (TPSA) is 347 Å². The summed E-state index contributed by atoms with van der Waals surface area (Å²) in [4.78, 5) is 100. The number of nitrogens with zero attached hydrogens (tertiary/aromatic N) is 2. The molecule has 2 amide bonds. The van der Waals surface area contributed by atoms with Crippen molar-refractivity contribution in [3.05, 3.63) is 190 Å². The number of aryl methyl sites for hydroxylation is 1. The maximum absolute atomic E-state index is 17.6. The van der Waals surface area contributed by atoms with E-state index < -0.39 is 98.2 Å². The molecule has 17 aliphatic rings. The number of carbonyl (C=O) groups is 8. The lowest BCUT2D eigenvalue weighted by molar-refractivity contribution is -0.968. The molecule has 145 heavy (non-hydrogen) atoms. The molecular weight excluding hydrogens is 1860 g/mol. The van der Waals surface area contributed by atoms with Gasteiger partial charge in [-0.3, -0.25) is 38.5 Å². The average Bonchev–Trinajstić information content (AvgIpc) is 1.51. The number of nitrogens with one attached hydrogen (secondary N) is 1.